The number of hydrogen-bond donors (Lipinski definition) is 1. The number of carbonyl (C=O) groups is 1. The maximum atomic E-state index is 12.9. The summed E-state index contributed by atoms with van der Waals surface area (Å²) in [6.45, 7) is 3.48. The molecule has 1 aliphatic rings. The van der Waals surface area contributed by atoms with Crippen LogP contribution in [0.1, 0.15) is 35.2 Å². The van der Waals surface area contributed by atoms with Crippen LogP contribution < -0.4 is 10.2 Å². The SMILES string of the molecule is COCCNc1ccc(C(=O)N(C)Cc2ccc(N3CCCCC3)cc2)cc1[N+](=O)[O-]. The van der Waals surface area contributed by atoms with Crippen molar-refractivity contribution in [2.24, 2.45) is 0 Å². The number of benzene rings is 2. The van der Waals surface area contributed by atoms with Gasteiger partial charge in [0.2, 0.25) is 0 Å². The van der Waals surface area contributed by atoms with E-state index in [2.05, 4.69) is 22.3 Å². The van der Waals surface area contributed by atoms with Gasteiger partial charge in [-0.25, -0.2) is 0 Å². The molecule has 1 amide bonds. The van der Waals surface area contributed by atoms with E-state index in [0.717, 1.165) is 18.7 Å². The van der Waals surface area contributed by atoms with Crippen molar-refractivity contribution in [3.8, 4) is 0 Å². The molecule has 0 aliphatic carbocycles. The zero-order valence-corrected chi connectivity index (χ0v) is 18.2. The molecule has 31 heavy (non-hydrogen) atoms. The summed E-state index contributed by atoms with van der Waals surface area (Å²) < 4.78 is 4.96. The first-order valence-corrected chi connectivity index (χ1v) is 10.6. The van der Waals surface area contributed by atoms with Crippen molar-refractivity contribution in [1.29, 1.82) is 0 Å². The number of nitrogens with zero attached hydrogens (tertiary/aromatic N) is 3. The molecule has 2 aromatic carbocycles. The Hall–Kier alpha value is -3.13. The van der Waals surface area contributed by atoms with Crippen LogP contribution in [-0.2, 0) is 11.3 Å². The maximum absolute atomic E-state index is 12.9. The van der Waals surface area contributed by atoms with E-state index in [1.165, 1.54) is 31.0 Å². The highest BCUT2D eigenvalue weighted by molar-refractivity contribution is 5.95. The number of anilines is 2. The molecule has 0 aromatic heterocycles. The topological polar surface area (TPSA) is 88.0 Å². The first-order chi connectivity index (χ1) is 15.0. The number of hydrogen-bond acceptors (Lipinski definition) is 6. The summed E-state index contributed by atoms with van der Waals surface area (Å²) in [6.07, 6.45) is 3.75. The van der Waals surface area contributed by atoms with Crippen molar-refractivity contribution in [3.05, 3.63) is 63.7 Å². The van der Waals surface area contributed by atoms with Gasteiger partial charge in [0.1, 0.15) is 5.69 Å². The van der Waals surface area contributed by atoms with E-state index in [9.17, 15) is 14.9 Å². The van der Waals surface area contributed by atoms with Crippen LogP contribution in [0.25, 0.3) is 0 Å². The highest BCUT2D eigenvalue weighted by atomic mass is 16.6. The third-order valence-corrected chi connectivity index (χ3v) is 5.49. The smallest absolute Gasteiger partial charge is 0.293 e. The van der Waals surface area contributed by atoms with Gasteiger partial charge in [0.15, 0.2) is 0 Å². The molecule has 2 aromatic rings. The van der Waals surface area contributed by atoms with Crippen LogP contribution in [0.3, 0.4) is 0 Å². The Balaban J connectivity index is 1.66. The molecule has 0 radical (unpaired) electrons. The van der Waals surface area contributed by atoms with Gasteiger partial charge in [-0.3, -0.25) is 14.9 Å². The van der Waals surface area contributed by atoms with E-state index < -0.39 is 4.92 Å². The van der Waals surface area contributed by atoms with Crippen molar-refractivity contribution in [1.82, 2.24) is 4.90 Å². The molecule has 8 nitrogen and oxygen atoms in total. The minimum atomic E-state index is -0.481. The highest BCUT2D eigenvalue weighted by Gasteiger charge is 2.20. The molecule has 0 saturated carbocycles. The van der Waals surface area contributed by atoms with E-state index in [4.69, 9.17) is 4.74 Å². The number of nitrogens with one attached hydrogen (secondary N) is 1. The van der Waals surface area contributed by atoms with Crippen LogP contribution in [-0.4, -0.2) is 56.1 Å². The standard InChI is InChI=1S/C23H30N4O4/c1-25(17-18-6-9-20(10-7-18)26-13-4-3-5-14-26)23(28)19-8-11-21(24-12-15-31-2)22(16-19)27(29)30/h6-11,16,24H,3-5,12-15,17H2,1-2H3. The number of rotatable bonds is 9. The molecule has 166 valence electrons. The molecule has 0 spiro atoms. The minimum Gasteiger partial charge on any atom is -0.383 e. The highest BCUT2D eigenvalue weighted by Crippen LogP contribution is 2.26. The van der Waals surface area contributed by atoms with Crippen molar-refractivity contribution < 1.29 is 14.5 Å². The lowest BCUT2D eigenvalue weighted by molar-refractivity contribution is -0.384. The van der Waals surface area contributed by atoms with Crippen molar-refractivity contribution >= 4 is 23.0 Å². The van der Waals surface area contributed by atoms with Gasteiger partial charge in [-0.05, 0) is 49.1 Å². The number of amides is 1. The number of carbonyl (C=O) groups excluding carboxylic acids is 1. The Morgan fingerprint density at radius 3 is 2.52 bits per heavy atom. The third-order valence-electron chi connectivity index (χ3n) is 5.49. The Bertz CT molecular complexity index is 895. The Morgan fingerprint density at radius 1 is 1.16 bits per heavy atom. The molecule has 0 atom stereocenters. The summed E-state index contributed by atoms with van der Waals surface area (Å²) >= 11 is 0. The fourth-order valence-corrected chi connectivity index (χ4v) is 3.78. The van der Waals surface area contributed by atoms with Gasteiger partial charge in [0.25, 0.3) is 11.6 Å². The van der Waals surface area contributed by atoms with Gasteiger partial charge in [-0.1, -0.05) is 12.1 Å². The average Bonchev–Trinajstić information content (AvgIpc) is 2.80. The van der Waals surface area contributed by atoms with Crippen LogP contribution in [0.2, 0.25) is 0 Å². The van der Waals surface area contributed by atoms with Crippen molar-refractivity contribution in [3.63, 3.8) is 0 Å². The summed E-state index contributed by atoms with van der Waals surface area (Å²) in [4.78, 5) is 27.8. The summed E-state index contributed by atoms with van der Waals surface area (Å²) in [5.74, 6) is -0.258. The van der Waals surface area contributed by atoms with E-state index in [-0.39, 0.29) is 17.2 Å². The molecule has 1 N–H and O–H groups in total. The van der Waals surface area contributed by atoms with Gasteiger partial charge >= 0.3 is 0 Å². The second kappa shape index (κ2) is 10.8. The molecular formula is C23H30N4O4. The lowest BCUT2D eigenvalue weighted by atomic mass is 10.1. The van der Waals surface area contributed by atoms with E-state index in [1.807, 2.05) is 12.1 Å². The number of nitro groups is 1. The van der Waals surface area contributed by atoms with Gasteiger partial charge in [-0.15, -0.1) is 0 Å². The van der Waals surface area contributed by atoms with Crippen LogP contribution in [0.15, 0.2) is 42.5 Å². The maximum Gasteiger partial charge on any atom is 0.293 e. The Kier molecular flexibility index (Phi) is 7.83. The molecule has 0 bridgehead atoms. The van der Waals surface area contributed by atoms with Gasteiger partial charge in [0, 0.05) is 57.7 Å². The third kappa shape index (κ3) is 5.95. The van der Waals surface area contributed by atoms with Gasteiger partial charge < -0.3 is 19.9 Å². The van der Waals surface area contributed by atoms with Crippen LogP contribution in [0, 0.1) is 10.1 Å². The summed E-state index contributed by atoms with van der Waals surface area (Å²) in [6, 6.07) is 12.8. The largest absolute Gasteiger partial charge is 0.383 e. The van der Waals surface area contributed by atoms with E-state index in [0.29, 0.717) is 25.4 Å². The summed E-state index contributed by atoms with van der Waals surface area (Å²) in [7, 11) is 3.27. The predicted molar refractivity (Wildman–Crippen MR) is 122 cm³/mol. The van der Waals surface area contributed by atoms with Crippen LogP contribution in [0.4, 0.5) is 17.1 Å². The normalized spacial score (nSPS) is 13.7. The summed E-state index contributed by atoms with van der Waals surface area (Å²) in [5.41, 5.74) is 2.76. The lowest BCUT2D eigenvalue weighted by Crippen LogP contribution is -2.29. The van der Waals surface area contributed by atoms with E-state index >= 15 is 0 Å². The molecule has 1 aliphatic heterocycles. The van der Waals surface area contributed by atoms with Crippen LogP contribution in [0.5, 0.6) is 0 Å². The van der Waals surface area contributed by atoms with E-state index in [1.54, 1.807) is 31.2 Å². The quantitative estimate of drug-likeness (QED) is 0.372. The van der Waals surface area contributed by atoms with Crippen LogP contribution >= 0.6 is 0 Å². The number of nitro benzene ring substituents is 1. The lowest BCUT2D eigenvalue weighted by Gasteiger charge is -2.29. The van der Waals surface area contributed by atoms with Crippen molar-refractivity contribution in [2.45, 2.75) is 25.8 Å². The average molecular weight is 427 g/mol. The number of methoxy groups -OCH3 is 1. The molecule has 8 heteroatoms. The van der Waals surface area contributed by atoms with Crippen molar-refractivity contribution in [2.75, 3.05) is 50.6 Å². The summed E-state index contributed by atoms with van der Waals surface area (Å²) in [5, 5.41) is 14.4. The monoisotopic (exact) mass is 426 g/mol. The fraction of sp³-hybridized carbons (Fsp3) is 0.435. The number of piperidine rings is 1. The number of ether oxygens (including phenoxy) is 1. The molecule has 1 heterocycles. The molecule has 1 fully saturated rings. The fourth-order valence-electron chi connectivity index (χ4n) is 3.78. The molecule has 3 rings (SSSR count). The second-order valence-corrected chi connectivity index (χ2v) is 7.78. The van der Waals surface area contributed by atoms with Gasteiger partial charge in [0.05, 0.1) is 11.5 Å². The van der Waals surface area contributed by atoms with Gasteiger partial charge in [-0.2, -0.15) is 0 Å². The molecule has 1 saturated heterocycles. The first-order valence-electron chi connectivity index (χ1n) is 10.6. The Labute approximate surface area is 182 Å². The Morgan fingerprint density at radius 2 is 1.87 bits per heavy atom. The minimum absolute atomic E-state index is 0.124. The zero-order valence-electron chi connectivity index (χ0n) is 18.2. The predicted octanol–water partition coefficient (Wildman–Crippen LogP) is 3.92. The second-order valence-electron chi connectivity index (χ2n) is 7.78. The zero-order chi connectivity index (χ0) is 22.2. The first kappa shape index (κ1) is 22.6. The molecular weight excluding hydrogens is 396 g/mol. The molecule has 0 unspecified atom stereocenters.